The summed E-state index contributed by atoms with van der Waals surface area (Å²) in [6, 6.07) is 22.0. The van der Waals surface area contributed by atoms with E-state index in [1.54, 1.807) is 29.3 Å². The first-order chi connectivity index (χ1) is 15.8. The average molecular weight is 461 g/mol. The van der Waals surface area contributed by atoms with Gasteiger partial charge in [0.1, 0.15) is 17.5 Å². The Balaban J connectivity index is 1.68. The van der Waals surface area contributed by atoms with Gasteiger partial charge in [0.05, 0.1) is 11.1 Å². The van der Waals surface area contributed by atoms with Gasteiger partial charge in [-0.05, 0) is 84.1 Å². The first-order valence-electron chi connectivity index (χ1n) is 10.5. The number of hydrogen-bond acceptors (Lipinski definition) is 2. The molecule has 4 aromatic rings. The molecule has 0 spiro atoms. The Bertz CT molecular complexity index is 1360. The molecule has 164 valence electrons. The molecule has 3 aromatic carbocycles. The number of halogens is 3. The van der Waals surface area contributed by atoms with Gasteiger partial charge in [0.15, 0.2) is 0 Å². The lowest BCUT2D eigenvalue weighted by molar-refractivity contribution is -0.122. The third-order valence-corrected chi connectivity index (χ3v) is 6.26. The van der Waals surface area contributed by atoms with Gasteiger partial charge in [-0.15, -0.1) is 0 Å². The Kier molecular flexibility index (Phi) is 5.22. The van der Waals surface area contributed by atoms with Crippen LogP contribution in [-0.2, 0) is 16.6 Å². The van der Waals surface area contributed by atoms with Gasteiger partial charge in [0, 0.05) is 17.3 Å². The SMILES string of the molecule is CC1(Cc2cc(F)cc(F)c2)C(=O)N(c2ccccn2)c2ccc(-c3cccc(Cl)c3)cc21. The van der Waals surface area contributed by atoms with Crippen LogP contribution >= 0.6 is 11.6 Å². The highest BCUT2D eigenvalue weighted by atomic mass is 35.5. The molecule has 0 radical (unpaired) electrons. The van der Waals surface area contributed by atoms with E-state index < -0.39 is 17.0 Å². The van der Waals surface area contributed by atoms with Gasteiger partial charge in [0.25, 0.3) is 0 Å². The van der Waals surface area contributed by atoms with Crippen molar-refractivity contribution in [2.24, 2.45) is 0 Å². The quantitative estimate of drug-likeness (QED) is 0.333. The monoisotopic (exact) mass is 460 g/mol. The van der Waals surface area contributed by atoms with Crippen molar-refractivity contribution < 1.29 is 13.6 Å². The Morgan fingerprint density at radius 2 is 1.67 bits per heavy atom. The summed E-state index contributed by atoms with van der Waals surface area (Å²) >= 11 is 6.19. The number of carbonyl (C=O) groups excluding carboxylic acids is 1. The number of rotatable bonds is 4. The number of aromatic nitrogens is 1. The van der Waals surface area contributed by atoms with Crippen LogP contribution in [0.15, 0.2) is 85.1 Å². The maximum atomic E-state index is 13.9. The van der Waals surface area contributed by atoms with Gasteiger partial charge in [-0.2, -0.15) is 0 Å². The van der Waals surface area contributed by atoms with Crippen molar-refractivity contribution in [1.82, 2.24) is 4.98 Å². The van der Waals surface area contributed by atoms with E-state index >= 15 is 0 Å². The van der Waals surface area contributed by atoms with Gasteiger partial charge >= 0.3 is 0 Å². The molecule has 1 aliphatic heterocycles. The van der Waals surface area contributed by atoms with Gasteiger partial charge in [-0.3, -0.25) is 9.69 Å². The minimum atomic E-state index is -1.05. The summed E-state index contributed by atoms with van der Waals surface area (Å²) in [5.74, 6) is -1.06. The summed E-state index contributed by atoms with van der Waals surface area (Å²) in [6.07, 6.45) is 1.76. The lowest BCUT2D eigenvalue weighted by atomic mass is 9.77. The first-order valence-corrected chi connectivity index (χ1v) is 10.8. The molecule has 1 aromatic heterocycles. The van der Waals surface area contributed by atoms with Gasteiger partial charge in [0.2, 0.25) is 5.91 Å². The molecule has 0 fully saturated rings. The molecule has 0 aliphatic carbocycles. The third-order valence-electron chi connectivity index (χ3n) is 6.02. The minimum absolute atomic E-state index is 0.135. The topological polar surface area (TPSA) is 33.2 Å². The largest absolute Gasteiger partial charge is 0.273 e. The van der Waals surface area contributed by atoms with Crippen LogP contribution in [0.4, 0.5) is 20.3 Å². The summed E-state index contributed by atoms with van der Waals surface area (Å²) in [4.78, 5) is 19.8. The van der Waals surface area contributed by atoms with Crippen molar-refractivity contribution in [2.45, 2.75) is 18.8 Å². The van der Waals surface area contributed by atoms with Crippen LogP contribution in [-0.4, -0.2) is 10.9 Å². The highest BCUT2D eigenvalue weighted by Gasteiger charge is 2.48. The molecule has 1 amide bonds. The second-order valence-corrected chi connectivity index (χ2v) is 8.79. The van der Waals surface area contributed by atoms with Crippen molar-refractivity contribution in [3.63, 3.8) is 0 Å². The fourth-order valence-corrected chi connectivity index (χ4v) is 4.69. The van der Waals surface area contributed by atoms with Crippen LogP contribution < -0.4 is 4.90 Å². The van der Waals surface area contributed by atoms with Crippen LogP contribution in [0, 0.1) is 11.6 Å². The minimum Gasteiger partial charge on any atom is -0.273 e. The van der Waals surface area contributed by atoms with E-state index in [0.717, 1.165) is 22.8 Å². The molecule has 6 heteroatoms. The van der Waals surface area contributed by atoms with E-state index in [2.05, 4.69) is 4.98 Å². The number of amides is 1. The molecule has 33 heavy (non-hydrogen) atoms. The molecule has 0 bridgehead atoms. The van der Waals surface area contributed by atoms with Gasteiger partial charge in [-0.25, -0.2) is 13.8 Å². The predicted octanol–water partition coefficient (Wildman–Crippen LogP) is 6.86. The molecule has 0 saturated heterocycles. The van der Waals surface area contributed by atoms with Crippen molar-refractivity contribution in [2.75, 3.05) is 4.90 Å². The molecule has 3 nitrogen and oxygen atoms in total. The van der Waals surface area contributed by atoms with Crippen LogP contribution in [0.1, 0.15) is 18.1 Å². The number of pyridine rings is 1. The molecular formula is C27H19ClF2N2O. The summed E-state index contributed by atoms with van der Waals surface area (Å²) in [6.45, 7) is 1.81. The first kappa shape index (κ1) is 21.3. The molecule has 1 unspecified atom stereocenters. The van der Waals surface area contributed by atoms with Crippen LogP contribution in [0.2, 0.25) is 5.02 Å². The Labute approximate surface area is 195 Å². The normalized spacial score (nSPS) is 17.3. The van der Waals surface area contributed by atoms with E-state index in [0.29, 0.717) is 22.1 Å². The van der Waals surface area contributed by atoms with E-state index in [4.69, 9.17) is 11.6 Å². The lowest BCUT2D eigenvalue weighted by Gasteiger charge is -2.24. The smallest absolute Gasteiger partial charge is 0.243 e. The lowest BCUT2D eigenvalue weighted by Crippen LogP contribution is -2.38. The van der Waals surface area contributed by atoms with Crippen LogP contribution in [0.3, 0.4) is 0 Å². The molecule has 0 saturated carbocycles. The van der Waals surface area contributed by atoms with Crippen molar-refractivity contribution >= 4 is 29.0 Å². The molecule has 5 rings (SSSR count). The zero-order valence-corrected chi connectivity index (χ0v) is 18.5. The number of anilines is 2. The number of nitrogens with zero attached hydrogens (tertiary/aromatic N) is 2. The molecule has 2 heterocycles. The fourth-order valence-electron chi connectivity index (χ4n) is 4.50. The van der Waals surface area contributed by atoms with E-state index in [9.17, 15) is 13.6 Å². The summed E-state index contributed by atoms with van der Waals surface area (Å²) in [7, 11) is 0. The fraction of sp³-hybridized carbons (Fsp3) is 0.111. The summed E-state index contributed by atoms with van der Waals surface area (Å²) in [5.41, 5.74) is 2.62. The maximum absolute atomic E-state index is 13.9. The summed E-state index contributed by atoms with van der Waals surface area (Å²) in [5, 5.41) is 0.609. The number of carbonyl (C=O) groups is 1. The third kappa shape index (κ3) is 3.79. The van der Waals surface area contributed by atoms with E-state index in [-0.39, 0.29) is 12.3 Å². The van der Waals surface area contributed by atoms with E-state index in [1.165, 1.54) is 12.1 Å². The Hall–Kier alpha value is -3.57. The summed E-state index contributed by atoms with van der Waals surface area (Å²) < 4.78 is 27.9. The number of fused-ring (bicyclic) bond motifs is 1. The molecular weight excluding hydrogens is 442 g/mol. The molecule has 1 atom stereocenters. The zero-order chi connectivity index (χ0) is 23.2. The van der Waals surface area contributed by atoms with E-state index in [1.807, 2.05) is 49.4 Å². The van der Waals surface area contributed by atoms with Crippen molar-refractivity contribution in [3.05, 3.63) is 113 Å². The van der Waals surface area contributed by atoms with Crippen molar-refractivity contribution in [1.29, 1.82) is 0 Å². The maximum Gasteiger partial charge on any atom is 0.243 e. The number of benzene rings is 3. The molecule has 1 aliphatic rings. The second kappa shape index (κ2) is 8.09. The Morgan fingerprint density at radius 1 is 0.909 bits per heavy atom. The highest BCUT2D eigenvalue weighted by Crippen LogP contribution is 2.48. The van der Waals surface area contributed by atoms with Crippen LogP contribution in [0.25, 0.3) is 11.1 Å². The predicted molar refractivity (Wildman–Crippen MR) is 126 cm³/mol. The standard InChI is InChI=1S/C27H19ClF2N2O/c1-27(16-17-11-21(29)15-22(30)12-17)23-14-19(18-5-4-6-20(28)13-18)8-9-24(23)32(26(27)33)25-7-2-3-10-31-25/h2-15H,16H2,1H3. The Morgan fingerprint density at radius 3 is 2.36 bits per heavy atom. The number of hydrogen-bond donors (Lipinski definition) is 0. The van der Waals surface area contributed by atoms with Crippen molar-refractivity contribution in [3.8, 4) is 11.1 Å². The van der Waals surface area contributed by atoms with Gasteiger partial charge in [-0.1, -0.05) is 35.9 Å². The van der Waals surface area contributed by atoms with Crippen LogP contribution in [0.5, 0.6) is 0 Å². The highest BCUT2D eigenvalue weighted by molar-refractivity contribution is 6.30. The average Bonchev–Trinajstić information content (AvgIpc) is 3.00. The second-order valence-electron chi connectivity index (χ2n) is 8.36. The zero-order valence-electron chi connectivity index (χ0n) is 17.7. The molecule has 0 N–H and O–H groups in total. The van der Waals surface area contributed by atoms with Gasteiger partial charge < -0.3 is 0 Å².